The maximum absolute atomic E-state index is 11.7. The topological polar surface area (TPSA) is 75.4 Å². The molecule has 4 saturated carbocycles. The highest BCUT2D eigenvalue weighted by atomic mass is 16.3. The number of fused-ring (bicyclic) bond motifs is 5. The Balaban J connectivity index is 1.33. The molecule has 0 saturated heterocycles. The van der Waals surface area contributed by atoms with Crippen LogP contribution in [0.3, 0.4) is 0 Å². The van der Waals surface area contributed by atoms with Crippen LogP contribution in [0.4, 0.5) is 0 Å². The SMILES string of the molecule is CC(=O)c1cnn(C[C@@](C)(O)[C@H]2CC[C@H]3[C@@H]4CC[C@@H]5C[C@](C)(O)CC[C@@H]5[C@H]4CC[C@@]32C)c1. The first-order chi connectivity index (χ1) is 15.0. The smallest absolute Gasteiger partial charge is 0.162 e. The number of Topliss-reactive ketones (excluding diaryl/α,β-unsaturated/α-hetero) is 1. The van der Waals surface area contributed by atoms with Crippen molar-refractivity contribution in [2.45, 2.75) is 103 Å². The minimum absolute atomic E-state index is 0.0157. The third kappa shape index (κ3) is 3.68. The van der Waals surface area contributed by atoms with Crippen molar-refractivity contribution in [2.24, 2.45) is 40.9 Å². The maximum atomic E-state index is 11.7. The van der Waals surface area contributed by atoms with Crippen LogP contribution < -0.4 is 0 Å². The Morgan fingerprint density at radius 1 is 1.12 bits per heavy atom. The molecule has 0 spiro atoms. The Morgan fingerprint density at radius 3 is 2.59 bits per heavy atom. The van der Waals surface area contributed by atoms with Gasteiger partial charge in [-0.25, -0.2) is 0 Å². The van der Waals surface area contributed by atoms with Gasteiger partial charge in [-0.2, -0.15) is 5.10 Å². The highest BCUT2D eigenvalue weighted by Crippen LogP contribution is 2.66. The quantitative estimate of drug-likeness (QED) is 0.653. The fourth-order valence-electron chi connectivity index (χ4n) is 9.17. The van der Waals surface area contributed by atoms with E-state index in [4.69, 9.17) is 0 Å². The molecule has 32 heavy (non-hydrogen) atoms. The van der Waals surface area contributed by atoms with E-state index in [-0.39, 0.29) is 17.1 Å². The van der Waals surface area contributed by atoms with E-state index < -0.39 is 11.2 Å². The minimum Gasteiger partial charge on any atom is -0.390 e. The number of nitrogens with zero attached hydrogens (tertiary/aromatic N) is 2. The monoisotopic (exact) mass is 442 g/mol. The van der Waals surface area contributed by atoms with Crippen LogP contribution in [0, 0.1) is 40.9 Å². The van der Waals surface area contributed by atoms with Crippen molar-refractivity contribution in [3.8, 4) is 0 Å². The zero-order valence-corrected chi connectivity index (χ0v) is 20.4. The first-order valence-corrected chi connectivity index (χ1v) is 13.0. The first kappa shape index (κ1) is 22.6. The Bertz CT molecular complexity index is 874. The molecule has 4 aliphatic carbocycles. The van der Waals surface area contributed by atoms with Crippen LogP contribution in [0.5, 0.6) is 0 Å². The van der Waals surface area contributed by atoms with Crippen molar-refractivity contribution >= 4 is 5.78 Å². The molecule has 0 radical (unpaired) electrons. The molecule has 4 aliphatic rings. The normalized spacial score (nSPS) is 45.4. The Kier molecular flexibility index (Phi) is 5.41. The molecule has 1 aromatic heterocycles. The largest absolute Gasteiger partial charge is 0.390 e. The summed E-state index contributed by atoms with van der Waals surface area (Å²) in [5.74, 6) is 4.08. The second kappa shape index (κ2) is 7.66. The number of ketones is 1. The summed E-state index contributed by atoms with van der Waals surface area (Å²) in [4.78, 5) is 11.7. The van der Waals surface area contributed by atoms with Gasteiger partial charge in [0.1, 0.15) is 0 Å². The van der Waals surface area contributed by atoms with Gasteiger partial charge in [0.15, 0.2) is 5.78 Å². The molecule has 178 valence electrons. The van der Waals surface area contributed by atoms with Crippen LogP contribution in [-0.2, 0) is 6.54 Å². The third-order valence-corrected chi connectivity index (χ3v) is 10.5. The maximum Gasteiger partial charge on any atom is 0.162 e. The summed E-state index contributed by atoms with van der Waals surface area (Å²) < 4.78 is 1.76. The number of aromatic nitrogens is 2. The molecule has 0 aromatic carbocycles. The summed E-state index contributed by atoms with van der Waals surface area (Å²) in [5.41, 5.74) is -0.505. The van der Waals surface area contributed by atoms with Gasteiger partial charge in [-0.1, -0.05) is 6.92 Å². The molecule has 4 fully saturated rings. The molecular formula is C27H42N2O3. The number of carbonyl (C=O) groups is 1. The van der Waals surface area contributed by atoms with Gasteiger partial charge in [-0.05, 0) is 119 Å². The van der Waals surface area contributed by atoms with Crippen molar-refractivity contribution in [3.05, 3.63) is 18.0 Å². The summed E-state index contributed by atoms with van der Waals surface area (Å²) in [6.45, 7) is 8.49. The average molecular weight is 443 g/mol. The van der Waals surface area contributed by atoms with E-state index in [2.05, 4.69) is 12.0 Å². The van der Waals surface area contributed by atoms with Crippen molar-refractivity contribution < 1.29 is 15.0 Å². The molecule has 1 heterocycles. The highest BCUT2D eigenvalue weighted by molar-refractivity contribution is 5.93. The number of aliphatic hydroxyl groups is 2. The van der Waals surface area contributed by atoms with Gasteiger partial charge in [0.05, 0.1) is 29.5 Å². The van der Waals surface area contributed by atoms with Crippen LogP contribution in [0.2, 0.25) is 0 Å². The number of hydrogen-bond acceptors (Lipinski definition) is 4. The predicted molar refractivity (Wildman–Crippen MR) is 124 cm³/mol. The van der Waals surface area contributed by atoms with Gasteiger partial charge in [0.2, 0.25) is 0 Å². The van der Waals surface area contributed by atoms with Gasteiger partial charge in [0.25, 0.3) is 0 Å². The van der Waals surface area contributed by atoms with Gasteiger partial charge < -0.3 is 10.2 Å². The molecule has 9 atom stereocenters. The van der Waals surface area contributed by atoms with Gasteiger partial charge in [-0.15, -0.1) is 0 Å². The lowest BCUT2D eigenvalue weighted by atomic mass is 9.48. The molecular weight excluding hydrogens is 400 g/mol. The summed E-state index contributed by atoms with van der Waals surface area (Å²) in [7, 11) is 0. The number of hydrogen-bond donors (Lipinski definition) is 2. The van der Waals surface area contributed by atoms with Gasteiger partial charge in [0, 0.05) is 6.20 Å². The molecule has 0 unspecified atom stereocenters. The molecule has 0 bridgehead atoms. The lowest BCUT2D eigenvalue weighted by molar-refractivity contribution is -0.126. The lowest BCUT2D eigenvalue weighted by Gasteiger charge is -2.58. The van der Waals surface area contributed by atoms with E-state index in [0.29, 0.717) is 23.9 Å². The van der Waals surface area contributed by atoms with Crippen molar-refractivity contribution in [1.29, 1.82) is 0 Å². The van der Waals surface area contributed by atoms with E-state index in [9.17, 15) is 15.0 Å². The fraction of sp³-hybridized carbons (Fsp3) is 0.852. The summed E-state index contributed by atoms with van der Waals surface area (Å²) in [5, 5.41) is 26.7. The molecule has 5 rings (SSSR count). The molecule has 0 amide bonds. The zero-order chi connectivity index (χ0) is 22.9. The second-order valence-corrected chi connectivity index (χ2v) is 12.7. The van der Waals surface area contributed by atoms with E-state index in [1.807, 2.05) is 13.8 Å². The van der Waals surface area contributed by atoms with Crippen LogP contribution in [0.15, 0.2) is 12.4 Å². The molecule has 5 nitrogen and oxygen atoms in total. The van der Waals surface area contributed by atoms with Crippen LogP contribution in [0.1, 0.15) is 95.8 Å². The summed E-state index contributed by atoms with van der Waals surface area (Å²) >= 11 is 0. The van der Waals surface area contributed by atoms with Crippen LogP contribution >= 0.6 is 0 Å². The number of carbonyl (C=O) groups excluding carboxylic acids is 1. The van der Waals surface area contributed by atoms with Crippen LogP contribution in [-0.4, -0.2) is 37.0 Å². The minimum atomic E-state index is -0.836. The number of rotatable bonds is 4. The average Bonchev–Trinajstić information content (AvgIpc) is 3.30. The lowest BCUT2D eigenvalue weighted by Crippen LogP contribution is -2.53. The second-order valence-electron chi connectivity index (χ2n) is 12.7. The molecule has 5 heteroatoms. The standard InChI is InChI=1S/C27H42N2O3/c1-17(30)19-14-28-29(15-19)16-27(4,32)24-8-7-23-22-6-5-18-13-25(2,31)11-9-20(18)21(22)10-12-26(23,24)3/h14-15,18,20-24,31-32H,5-13,16H2,1-4H3/t18-,20+,21-,22-,23+,24+,25-,26+,27-/m1/s1. The van der Waals surface area contributed by atoms with E-state index >= 15 is 0 Å². The zero-order valence-electron chi connectivity index (χ0n) is 20.4. The Morgan fingerprint density at radius 2 is 1.88 bits per heavy atom. The van der Waals surface area contributed by atoms with Crippen molar-refractivity contribution in [2.75, 3.05) is 0 Å². The molecule has 0 aliphatic heterocycles. The molecule has 2 N–H and O–H groups in total. The van der Waals surface area contributed by atoms with Crippen LogP contribution in [0.25, 0.3) is 0 Å². The van der Waals surface area contributed by atoms with Crippen molar-refractivity contribution in [3.63, 3.8) is 0 Å². The van der Waals surface area contributed by atoms with Gasteiger partial charge in [-0.3, -0.25) is 9.48 Å². The van der Waals surface area contributed by atoms with E-state index in [1.54, 1.807) is 24.0 Å². The molecule has 1 aromatic rings. The van der Waals surface area contributed by atoms with E-state index in [1.165, 1.54) is 38.5 Å². The Hall–Kier alpha value is -1.20. The third-order valence-electron chi connectivity index (χ3n) is 10.5. The first-order valence-electron chi connectivity index (χ1n) is 13.0. The predicted octanol–water partition coefficient (Wildman–Crippen LogP) is 4.86. The highest BCUT2D eigenvalue weighted by Gasteiger charge is 2.60. The van der Waals surface area contributed by atoms with Crippen molar-refractivity contribution in [1.82, 2.24) is 9.78 Å². The summed E-state index contributed by atoms with van der Waals surface area (Å²) in [6, 6.07) is 0. The van der Waals surface area contributed by atoms with Gasteiger partial charge >= 0.3 is 0 Å². The summed E-state index contributed by atoms with van der Waals surface area (Å²) in [6.07, 6.45) is 13.9. The van der Waals surface area contributed by atoms with E-state index in [0.717, 1.165) is 37.0 Å². The Labute approximate surface area is 193 Å². The fourth-order valence-corrected chi connectivity index (χ4v) is 9.17.